The molecule has 2 heterocycles. The van der Waals surface area contributed by atoms with Crippen LogP contribution in [0.5, 0.6) is 5.75 Å². The van der Waals surface area contributed by atoms with Gasteiger partial charge in [-0.15, -0.1) is 0 Å². The van der Waals surface area contributed by atoms with Gasteiger partial charge in [0.2, 0.25) is 10.0 Å². The summed E-state index contributed by atoms with van der Waals surface area (Å²) in [5.41, 5.74) is 0. The van der Waals surface area contributed by atoms with Gasteiger partial charge < -0.3 is 4.74 Å². The van der Waals surface area contributed by atoms with E-state index in [1.54, 1.807) is 18.3 Å². The van der Waals surface area contributed by atoms with Crippen molar-refractivity contribution in [1.29, 1.82) is 0 Å². The number of ether oxygens (including phenoxy) is 1. The van der Waals surface area contributed by atoms with Gasteiger partial charge in [0.05, 0.1) is 12.7 Å². The molecule has 3 rings (SSSR count). The van der Waals surface area contributed by atoms with E-state index in [1.165, 1.54) is 6.20 Å². The smallest absolute Gasteiger partial charge is 0.246 e. The molecule has 1 saturated heterocycles. The first-order chi connectivity index (χ1) is 11.0. The number of hydrogen-bond acceptors (Lipinski definition) is 4. The third-order valence-electron chi connectivity index (χ3n) is 3.56. The Hall–Kier alpha value is -2.06. The number of pyridine rings is 1. The summed E-state index contributed by atoms with van der Waals surface area (Å²) in [6.45, 7) is 0.260. The maximum atomic E-state index is 13.8. The maximum Gasteiger partial charge on any atom is 0.246 e. The van der Waals surface area contributed by atoms with Crippen molar-refractivity contribution in [1.82, 2.24) is 9.29 Å². The monoisotopic (exact) mass is 340 g/mol. The lowest BCUT2D eigenvalue weighted by Crippen LogP contribution is -2.31. The van der Waals surface area contributed by atoms with Crippen LogP contribution in [-0.2, 0) is 10.0 Å². The number of halogens is 2. The number of hydrogen-bond donors (Lipinski definition) is 0. The zero-order valence-corrected chi connectivity index (χ0v) is 12.8. The van der Waals surface area contributed by atoms with Crippen LogP contribution in [0.15, 0.2) is 47.6 Å². The van der Waals surface area contributed by atoms with Gasteiger partial charge in [0.1, 0.15) is 28.4 Å². The van der Waals surface area contributed by atoms with E-state index >= 15 is 0 Å². The van der Waals surface area contributed by atoms with E-state index in [0.717, 1.165) is 16.4 Å². The normalized spacial score (nSPS) is 19.0. The lowest BCUT2D eigenvalue weighted by Gasteiger charge is -2.17. The summed E-state index contributed by atoms with van der Waals surface area (Å²) in [6, 6.07) is 5.81. The van der Waals surface area contributed by atoms with E-state index in [-0.39, 0.29) is 19.2 Å². The number of nitrogens with zero attached hydrogens (tertiary/aromatic N) is 2. The van der Waals surface area contributed by atoms with Crippen LogP contribution in [0.25, 0.3) is 0 Å². The van der Waals surface area contributed by atoms with Gasteiger partial charge in [-0.05, 0) is 36.8 Å². The summed E-state index contributed by atoms with van der Waals surface area (Å²) in [4.78, 5) is 3.26. The zero-order valence-electron chi connectivity index (χ0n) is 12.0. The van der Waals surface area contributed by atoms with Crippen LogP contribution in [0.4, 0.5) is 8.78 Å². The zero-order chi connectivity index (χ0) is 16.4. The highest BCUT2D eigenvalue weighted by atomic mass is 32.2. The van der Waals surface area contributed by atoms with Crippen molar-refractivity contribution in [2.24, 2.45) is 0 Å². The van der Waals surface area contributed by atoms with Crippen LogP contribution in [0, 0.1) is 11.6 Å². The van der Waals surface area contributed by atoms with Crippen LogP contribution in [0.3, 0.4) is 0 Å². The second kappa shape index (κ2) is 6.21. The summed E-state index contributed by atoms with van der Waals surface area (Å²) in [5.74, 6) is -1.23. The summed E-state index contributed by atoms with van der Waals surface area (Å²) in [5, 5.41) is 0. The predicted octanol–water partition coefficient (Wildman–Crippen LogP) is 2.20. The van der Waals surface area contributed by atoms with Crippen LogP contribution >= 0.6 is 0 Å². The van der Waals surface area contributed by atoms with Gasteiger partial charge in [0.25, 0.3) is 0 Å². The SMILES string of the molecule is O=S(=O)(c1cc(F)ccc1F)N1CC[C@H](Oc2cccnc2)C1. The Balaban J connectivity index is 1.76. The molecular weight excluding hydrogens is 326 g/mol. The van der Waals surface area contributed by atoms with Crippen molar-refractivity contribution in [2.75, 3.05) is 13.1 Å². The minimum absolute atomic E-state index is 0.0766. The molecule has 0 N–H and O–H groups in total. The molecule has 0 bridgehead atoms. The van der Waals surface area contributed by atoms with E-state index in [9.17, 15) is 17.2 Å². The maximum absolute atomic E-state index is 13.8. The van der Waals surface area contributed by atoms with Crippen molar-refractivity contribution in [2.45, 2.75) is 17.4 Å². The number of sulfonamides is 1. The molecule has 0 spiro atoms. The molecule has 0 aliphatic carbocycles. The Labute approximate surface area is 132 Å². The third-order valence-corrected chi connectivity index (χ3v) is 5.44. The summed E-state index contributed by atoms with van der Waals surface area (Å²) in [7, 11) is -4.09. The first-order valence-electron chi connectivity index (χ1n) is 6.99. The average Bonchev–Trinajstić information content (AvgIpc) is 3.00. The molecule has 122 valence electrons. The van der Waals surface area contributed by atoms with E-state index in [2.05, 4.69) is 4.98 Å². The van der Waals surface area contributed by atoms with E-state index in [4.69, 9.17) is 4.74 Å². The van der Waals surface area contributed by atoms with Gasteiger partial charge in [-0.1, -0.05) is 0 Å². The summed E-state index contributed by atoms with van der Waals surface area (Å²) >= 11 is 0. The molecule has 1 aromatic heterocycles. The fraction of sp³-hybridized carbons (Fsp3) is 0.267. The van der Waals surface area contributed by atoms with Gasteiger partial charge in [-0.2, -0.15) is 4.31 Å². The summed E-state index contributed by atoms with van der Waals surface area (Å²) in [6.07, 6.45) is 3.24. The Morgan fingerprint density at radius 2 is 2.09 bits per heavy atom. The standard InChI is InChI=1S/C15H14F2N2O3S/c16-11-3-4-14(17)15(8-11)23(20,21)19-7-5-13(10-19)22-12-2-1-6-18-9-12/h1-4,6,8-9,13H,5,7,10H2/t13-/m0/s1. The molecule has 5 nitrogen and oxygen atoms in total. The van der Waals surface area contributed by atoms with Crippen LogP contribution in [0.2, 0.25) is 0 Å². The molecule has 2 aromatic rings. The predicted molar refractivity (Wildman–Crippen MR) is 78.4 cm³/mol. The quantitative estimate of drug-likeness (QED) is 0.856. The fourth-order valence-corrected chi connectivity index (χ4v) is 4.00. The second-order valence-electron chi connectivity index (χ2n) is 5.16. The molecule has 1 aliphatic rings. The molecule has 8 heteroatoms. The molecule has 1 aromatic carbocycles. The molecule has 1 fully saturated rings. The first kappa shape index (κ1) is 15.8. The molecule has 0 unspecified atom stereocenters. The summed E-state index contributed by atoms with van der Waals surface area (Å²) < 4.78 is 58.7. The molecular formula is C15H14F2N2O3S. The number of benzene rings is 1. The lowest BCUT2D eigenvalue weighted by molar-refractivity contribution is 0.214. The van der Waals surface area contributed by atoms with Gasteiger partial charge in [-0.25, -0.2) is 17.2 Å². The highest BCUT2D eigenvalue weighted by molar-refractivity contribution is 7.89. The van der Waals surface area contributed by atoms with Crippen LogP contribution < -0.4 is 4.74 Å². The van der Waals surface area contributed by atoms with Gasteiger partial charge in [0.15, 0.2) is 0 Å². The molecule has 1 aliphatic heterocycles. The topological polar surface area (TPSA) is 59.5 Å². The Morgan fingerprint density at radius 3 is 2.83 bits per heavy atom. The minimum atomic E-state index is -4.09. The highest BCUT2D eigenvalue weighted by Crippen LogP contribution is 2.25. The molecule has 0 radical (unpaired) electrons. The van der Waals surface area contributed by atoms with Crippen molar-refractivity contribution in [3.63, 3.8) is 0 Å². The van der Waals surface area contributed by atoms with Gasteiger partial charge in [0, 0.05) is 12.7 Å². The molecule has 1 atom stereocenters. The highest BCUT2D eigenvalue weighted by Gasteiger charge is 2.35. The van der Waals surface area contributed by atoms with Gasteiger partial charge in [-0.3, -0.25) is 4.98 Å². The van der Waals surface area contributed by atoms with Crippen molar-refractivity contribution in [3.05, 3.63) is 54.4 Å². The lowest BCUT2D eigenvalue weighted by atomic mass is 10.3. The first-order valence-corrected chi connectivity index (χ1v) is 8.43. The van der Waals surface area contributed by atoms with Crippen molar-refractivity contribution < 1.29 is 21.9 Å². The minimum Gasteiger partial charge on any atom is -0.487 e. The second-order valence-corrected chi connectivity index (χ2v) is 7.06. The van der Waals surface area contributed by atoms with Crippen molar-refractivity contribution >= 4 is 10.0 Å². The average molecular weight is 340 g/mol. The number of aromatic nitrogens is 1. The Kier molecular flexibility index (Phi) is 4.27. The largest absolute Gasteiger partial charge is 0.487 e. The Bertz CT molecular complexity index is 800. The number of rotatable bonds is 4. The molecule has 23 heavy (non-hydrogen) atoms. The van der Waals surface area contributed by atoms with E-state index < -0.39 is 26.6 Å². The van der Waals surface area contributed by atoms with Crippen LogP contribution in [0.1, 0.15) is 6.42 Å². The van der Waals surface area contributed by atoms with Crippen LogP contribution in [-0.4, -0.2) is 36.9 Å². The van der Waals surface area contributed by atoms with Crippen molar-refractivity contribution in [3.8, 4) is 5.75 Å². The molecule has 0 saturated carbocycles. The molecule has 0 amide bonds. The van der Waals surface area contributed by atoms with E-state index in [1.807, 2.05) is 0 Å². The fourth-order valence-electron chi connectivity index (χ4n) is 2.44. The third kappa shape index (κ3) is 3.32. The van der Waals surface area contributed by atoms with E-state index in [0.29, 0.717) is 18.2 Å². The Morgan fingerprint density at radius 1 is 1.26 bits per heavy atom. The van der Waals surface area contributed by atoms with Gasteiger partial charge >= 0.3 is 0 Å².